The lowest BCUT2D eigenvalue weighted by molar-refractivity contribution is 0.0906. The van der Waals surface area contributed by atoms with Crippen LogP contribution in [0.15, 0.2) is 71.1 Å². The molecule has 1 unspecified atom stereocenters. The summed E-state index contributed by atoms with van der Waals surface area (Å²) in [6, 6.07) is 22.8. The molecule has 1 aromatic heterocycles. The number of carbonyl (C=O) groups is 1. The van der Waals surface area contributed by atoms with Crippen molar-refractivity contribution in [2.75, 3.05) is 0 Å². The van der Waals surface area contributed by atoms with Gasteiger partial charge in [-0.25, -0.2) is 0 Å². The summed E-state index contributed by atoms with van der Waals surface area (Å²) >= 11 is 0. The Bertz CT molecular complexity index is 900. The number of furan rings is 1. The Morgan fingerprint density at radius 1 is 0.931 bits per heavy atom. The van der Waals surface area contributed by atoms with E-state index in [2.05, 4.69) is 65.7 Å². The summed E-state index contributed by atoms with van der Waals surface area (Å²) in [6.07, 6.45) is 0.890. The molecular weight excluding hydrogens is 360 g/mol. The minimum atomic E-state index is -0.154. The highest BCUT2D eigenvalue weighted by molar-refractivity contribution is 5.91. The van der Waals surface area contributed by atoms with E-state index in [0.29, 0.717) is 12.3 Å². The molecule has 3 aromatic rings. The second-order valence-electron chi connectivity index (χ2n) is 7.67. The van der Waals surface area contributed by atoms with Crippen molar-refractivity contribution in [2.24, 2.45) is 0 Å². The molecule has 0 aliphatic carbocycles. The Hall–Kier alpha value is -2.85. The molecule has 1 heterocycles. The predicted molar refractivity (Wildman–Crippen MR) is 116 cm³/mol. The van der Waals surface area contributed by atoms with Crippen molar-refractivity contribution in [3.05, 3.63) is 94.9 Å². The molecule has 0 aliphatic heterocycles. The van der Waals surface area contributed by atoms with Gasteiger partial charge in [-0.3, -0.25) is 9.69 Å². The highest BCUT2D eigenvalue weighted by Crippen LogP contribution is 2.17. The number of rotatable bonds is 9. The van der Waals surface area contributed by atoms with E-state index in [1.165, 1.54) is 16.7 Å². The molecule has 0 radical (unpaired) electrons. The Kier molecular flexibility index (Phi) is 7.25. The van der Waals surface area contributed by atoms with Gasteiger partial charge < -0.3 is 9.73 Å². The number of aryl methyl sites for hydroxylation is 1. The molecule has 1 N–H and O–H groups in total. The van der Waals surface area contributed by atoms with Crippen LogP contribution >= 0.6 is 0 Å². The van der Waals surface area contributed by atoms with Crippen molar-refractivity contribution in [3.63, 3.8) is 0 Å². The van der Waals surface area contributed by atoms with Crippen LogP contribution in [0.2, 0.25) is 0 Å². The lowest BCUT2D eigenvalue weighted by Crippen LogP contribution is -2.31. The van der Waals surface area contributed by atoms with Crippen LogP contribution in [0.3, 0.4) is 0 Å². The largest absolute Gasteiger partial charge is 0.455 e. The SMILES string of the molecule is CCC(C)NC(=O)c1ccc(CN(Cc2ccccc2)Cc2ccc(C)cc2)o1. The summed E-state index contributed by atoms with van der Waals surface area (Å²) in [7, 11) is 0. The first-order valence-electron chi connectivity index (χ1n) is 10.2. The Balaban J connectivity index is 1.72. The third kappa shape index (κ3) is 6.33. The van der Waals surface area contributed by atoms with E-state index in [1.807, 2.05) is 26.0 Å². The molecule has 29 heavy (non-hydrogen) atoms. The van der Waals surface area contributed by atoms with E-state index in [1.54, 1.807) is 6.07 Å². The maximum atomic E-state index is 12.3. The molecule has 0 aliphatic rings. The molecule has 3 rings (SSSR count). The van der Waals surface area contributed by atoms with Crippen LogP contribution in [0.4, 0.5) is 0 Å². The highest BCUT2D eigenvalue weighted by Gasteiger charge is 2.15. The first-order valence-corrected chi connectivity index (χ1v) is 10.2. The van der Waals surface area contributed by atoms with Crippen molar-refractivity contribution >= 4 is 5.91 Å². The summed E-state index contributed by atoms with van der Waals surface area (Å²) in [5.41, 5.74) is 3.76. The van der Waals surface area contributed by atoms with E-state index in [0.717, 1.165) is 25.3 Å². The number of nitrogens with one attached hydrogen (secondary N) is 1. The Morgan fingerprint density at radius 3 is 2.24 bits per heavy atom. The van der Waals surface area contributed by atoms with E-state index in [4.69, 9.17) is 4.42 Å². The van der Waals surface area contributed by atoms with Crippen LogP contribution in [0.1, 0.15) is 53.3 Å². The number of benzene rings is 2. The van der Waals surface area contributed by atoms with Gasteiger partial charge in [0.05, 0.1) is 6.54 Å². The number of hydrogen-bond acceptors (Lipinski definition) is 3. The zero-order chi connectivity index (χ0) is 20.6. The summed E-state index contributed by atoms with van der Waals surface area (Å²) in [6.45, 7) is 8.39. The second kappa shape index (κ2) is 10.1. The number of nitrogens with zero attached hydrogens (tertiary/aromatic N) is 1. The average molecular weight is 391 g/mol. The molecule has 1 atom stereocenters. The molecule has 4 nitrogen and oxygen atoms in total. The zero-order valence-corrected chi connectivity index (χ0v) is 17.5. The van der Waals surface area contributed by atoms with Crippen LogP contribution in [-0.4, -0.2) is 16.8 Å². The molecule has 0 saturated heterocycles. The molecule has 4 heteroatoms. The maximum Gasteiger partial charge on any atom is 0.287 e. The van der Waals surface area contributed by atoms with Crippen molar-refractivity contribution in [1.29, 1.82) is 0 Å². The van der Waals surface area contributed by atoms with E-state index in [9.17, 15) is 4.79 Å². The van der Waals surface area contributed by atoms with Gasteiger partial charge in [0.15, 0.2) is 5.76 Å². The molecule has 2 aromatic carbocycles. The predicted octanol–water partition coefficient (Wildman–Crippen LogP) is 5.32. The fourth-order valence-electron chi connectivity index (χ4n) is 3.16. The Labute approximate surface area is 173 Å². The normalized spacial score (nSPS) is 12.1. The zero-order valence-electron chi connectivity index (χ0n) is 17.5. The van der Waals surface area contributed by atoms with Crippen molar-refractivity contribution in [3.8, 4) is 0 Å². The second-order valence-corrected chi connectivity index (χ2v) is 7.67. The van der Waals surface area contributed by atoms with Crippen LogP contribution in [0, 0.1) is 6.92 Å². The molecule has 0 saturated carbocycles. The lowest BCUT2D eigenvalue weighted by Gasteiger charge is -2.21. The number of hydrogen-bond donors (Lipinski definition) is 1. The van der Waals surface area contributed by atoms with Gasteiger partial charge in [-0.15, -0.1) is 0 Å². The number of carbonyl (C=O) groups excluding carboxylic acids is 1. The first kappa shape index (κ1) is 20.9. The van der Waals surface area contributed by atoms with Gasteiger partial charge in [-0.05, 0) is 43.5 Å². The topological polar surface area (TPSA) is 45.5 Å². The fraction of sp³-hybridized carbons (Fsp3) is 0.320. The van der Waals surface area contributed by atoms with Crippen molar-refractivity contribution in [1.82, 2.24) is 10.2 Å². The average Bonchev–Trinajstić information content (AvgIpc) is 3.19. The van der Waals surface area contributed by atoms with Gasteiger partial charge >= 0.3 is 0 Å². The van der Waals surface area contributed by atoms with Gasteiger partial charge in [0, 0.05) is 19.1 Å². The standard InChI is InChI=1S/C25H30N2O2/c1-4-20(3)26-25(28)24-15-14-23(29-24)18-27(16-21-8-6-5-7-9-21)17-22-12-10-19(2)11-13-22/h5-15,20H,4,16-18H2,1-3H3,(H,26,28). The smallest absolute Gasteiger partial charge is 0.287 e. The molecule has 0 bridgehead atoms. The van der Waals surface area contributed by atoms with Crippen LogP contribution in [0.5, 0.6) is 0 Å². The summed E-state index contributed by atoms with van der Waals surface area (Å²) in [5, 5.41) is 2.95. The van der Waals surface area contributed by atoms with Gasteiger partial charge in [-0.1, -0.05) is 67.1 Å². The van der Waals surface area contributed by atoms with Gasteiger partial charge in [0.1, 0.15) is 5.76 Å². The third-order valence-electron chi connectivity index (χ3n) is 5.03. The van der Waals surface area contributed by atoms with E-state index >= 15 is 0 Å². The van der Waals surface area contributed by atoms with Gasteiger partial charge in [0.25, 0.3) is 5.91 Å². The quantitative estimate of drug-likeness (QED) is 0.538. The van der Waals surface area contributed by atoms with Gasteiger partial charge in [-0.2, -0.15) is 0 Å². The first-order chi connectivity index (χ1) is 14.0. The lowest BCUT2D eigenvalue weighted by atomic mass is 10.1. The summed E-state index contributed by atoms with van der Waals surface area (Å²) < 4.78 is 5.86. The maximum absolute atomic E-state index is 12.3. The van der Waals surface area contributed by atoms with Gasteiger partial charge in [0.2, 0.25) is 0 Å². The van der Waals surface area contributed by atoms with Crippen molar-refractivity contribution < 1.29 is 9.21 Å². The monoisotopic (exact) mass is 390 g/mol. The van der Waals surface area contributed by atoms with Crippen LogP contribution in [-0.2, 0) is 19.6 Å². The highest BCUT2D eigenvalue weighted by atomic mass is 16.4. The molecular formula is C25H30N2O2. The molecule has 0 spiro atoms. The summed E-state index contributed by atoms with van der Waals surface area (Å²) in [5.74, 6) is 1.01. The number of amides is 1. The minimum Gasteiger partial charge on any atom is -0.455 e. The summed E-state index contributed by atoms with van der Waals surface area (Å²) in [4.78, 5) is 14.6. The van der Waals surface area contributed by atoms with Crippen molar-refractivity contribution in [2.45, 2.75) is 52.9 Å². The molecule has 1 amide bonds. The molecule has 0 fully saturated rings. The van der Waals surface area contributed by atoms with E-state index in [-0.39, 0.29) is 11.9 Å². The van der Waals surface area contributed by atoms with E-state index < -0.39 is 0 Å². The fourth-order valence-corrected chi connectivity index (χ4v) is 3.16. The van der Waals surface area contributed by atoms with Crippen LogP contribution in [0.25, 0.3) is 0 Å². The Morgan fingerprint density at radius 2 is 1.59 bits per heavy atom. The molecule has 152 valence electrons. The minimum absolute atomic E-state index is 0.132. The van der Waals surface area contributed by atoms with Crippen LogP contribution < -0.4 is 5.32 Å². The third-order valence-corrected chi connectivity index (χ3v) is 5.03.